The summed E-state index contributed by atoms with van der Waals surface area (Å²) in [4.78, 5) is 19.5. The van der Waals surface area contributed by atoms with Gasteiger partial charge in [0.2, 0.25) is 0 Å². The fraction of sp³-hybridized carbons (Fsp3) is 0.500. The van der Waals surface area contributed by atoms with Gasteiger partial charge in [-0.25, -0.2) is 4.98 Å². The van der Waals surface area contributed by atoms with Gasteiger partial charge in [0.15, 0.2) is 11.9 Å². The lowest BCUT2D eigenvalue weighted by Crippen LogP contribution is -2.39. The van der Waals surface area contributed by atoms with Crippen molar-refractivity contribution < 1.29 is 9.66 Å². The molecule has 0 amide bonds. The monoisotopic (exact) mass is 324 g/mol. The van der Waals surface area contributed by atoms with E-state index < -0.39 is 6.10 Å². The Kier molecular flexibility index (Phi) is 3.92. The first-order valence-corrected chi connectivity index (χ1v) is 7.47. The van der Waals surface area contributed by atoms with E-state index in [1.807, 2.05) is 22.8 Å². The molecular weight excluding hydrogens is 308 g/mol. The number of fused-ring (bicyclic) bond motifs is 1. The first-order chi connectivity index (χ1) is 10.5. The Morgan fingerprint density at radius 3 is 2.86 bits per heavy atom. The fourth-order valence-corrected chi connectivity index (χ4v) is 3.22. The number of nitro groups is 1. The highest BCUT2D eigenvalue weighted by molar-refractivity contribution is 6.29. The van der Waals surface area contributed by atoms with Gasteiger partial charge in [-0.2, -0.15) is 0 Å². The highest BCUT2D eigenvalue weighted by atomic mass is 35.5. The quantitative estimate of drug-likeness (QED) is 0.481. The summed E-state index contributed by atoms with van der Waals surface area (Å²) in [7, 11) is 1.51. The molecule has 22 heavy (non-hydrogen) atoms. The van der Waals surface area contributed by atoms with Gasteiger partial charge in [-0.05, 0) is 18.6 Å². The van der Waals surface area contributed by atoms with Crippen molar-refractivity contribution in [3.63, 3.8) is 0 Å². The minimum absolute atomic E-state index is 0.104. The van der Waals surface area contributed by atoms with Crippen molar-refractivity contribution in [2.75, 3.05) is 31.6 Å². The van der Waals surface area contributed by atoms with Gasteiger partial charge < -0.3 is 14.5 Å². The van der Waals surface area contributed by atoms with Crippen LogP contribution in [0.3, 0.4) is 0 Å². The first kappa shape index (κ1) is 15.1. The molecule has 0 aromatic carbocycles. The van der Waals surface area contributed by atoms with Gasteiger partial charge in [0, 0.05) is 33.2 Å². The number of halogens is 1. The summed E-state index contributed by atoms with van der Waals surface area (Å²) in [5.74, 6) is 1.25. The topological polar surface area (TPSA) is 71.7 Å². The summed E-state index contributed by atoms with van der Waals surface area (Å²) in [6.45, 7) is 4.04. The molecule has 0 bridgehead atoms. The lowest BCUT2D eigenvalue weighted by molar-refractivity contribution is -0.440. The van der Waals surface area contributed by atoms with Crippen LogP contribution in [-0.2, 0) is 4.74 Å². The van der Waals surface area contributed by atoms with E-state index in [2.05, 4.69) is 4.98 Å². The van der Waals surface area contributed by atoms with Gasteiger partial charge in [-0.15, -0.1) is 0 Å². The Morgan fingerprint density at radius 2 is 2.18 bits per heavy atom. The maximum atomic E-state index is 11.6. The predicted molar refractivity (Wildman–Crippen MR) is 82.3 cm³/mol. The zero-order valence-corrected chi connectivity index (χ0v) is 13.2. The van der Waals surface area contributed by atoms with Crippen LogP contribution in [0.25, 0.3) is 0 Å². The van der Waals surface area contributed by atoms with Crippen molar-refractivity contribution >= 4 is 17.4 Å². The summed E-state index contributed by atoms with van der Waals surface area (Å²) in [6.07, 6.45) is 0.118. The zero-order chi connectivity index (χ0) is 15.9. The third kappa shape index (κ3) is 2.40. The highest BCUT2D eigenvalue weighted by Crippen LogP contribution is 2.35. The highest BCUT2D eigenvalue weighted by Gasteiger charge is 2.43. The molecule has 1 aromatic rings. The SMILES string of the molecule is COC1CCN2CCN(c3nc(Cl)ccc3C)C2=C1[N+](=O)[O-]. The van der Waals surface area contributed by atoms with Crippen molar-refractivity contribution in [2.24, 2.45) is 0 Å². The van der Waals surface area contributed by atoms with E-state index in [1.165, 1.54) is 7.11 Å². The normalized spacial score (nSPS) is 21.3. The minimum Gasteiger partial charge on any atom is -0.370 e. The van der Waals surface area contributed by atoms with E-state index in [0.29, 0.717) is 29.8 Å². The number of hydrogen-bond acceptors (Lipinski definition) is 6. The Labute approximate surface area is 133 Å². The van der Waals surface area contributed by atoms with E-state index in [1.54, 1.807) is 6.07 Å². The minimum atomic E-state index is -0.499. The summed E-state index contributed by atoms with van der Waals surface area (Å²) in [5, 5.41) is 11.9. The Morgan fingerprint density at radius 1 is 1.41 bits per heavy atom. The van der Waals surface area contributed by atoms with Crippen LogP contribution in [0.4, 0.5) is 5.82 Å². The molecule has 3 rings (SSSR count). The largest absolute Gasteiger partial charge is 0.370 e. The van der Waals surface area contributed by atoms with E-state index in [-0.39, 0.29) is 10.6 Å². The molecule has 2 aliphatic rings. The second kappa shape index (κ2) is 5.73. The molecule has 8 heteroatoms. The van der Waals surface area contributed by atoms with Gasteiger partial charge in [-0.3, -0.25) is 10.1 Å². The molecule has 3 heterocycles. The van der Waals surface area contributed by atoms with Crippen LogP contribution in [-0.4, -0.2) is 47.7 Å². The van der Waals surface area contributed by atoms with Crippen molar-refractivity contribution in [1.82, 2.24) is 9.88 Å². The van der Waals surface area contributed by atoms with Crippen LogP contribution < -0.4 is 4.90 Å². The number of rotatable bonds is 3. The maximum Gasteiger partial charge on any atom is 0.315 e. The lowest BCUT2D eigenvalue weighted by Gasteiger charge is -2.31. The second-order valence-electron chi connectivity index (χ2n) is 5.39. The van der Waals surface area contributed by atoms with Crippen LogP contribution in [0, 0.1) is 17.0 Å². The van der Waals surface area contributed by atoms with Crippen molar-refractivity contribution in [2.45, 2.75) is 19.4 Å². The molecule has 0 N–H and O–H groups in total. The molecule has 7 nitrogen and oxygen atoms in total. The maximum absolute atomic E-state index is 11.6. The van der Waals surface area contributed by atoms with Gasteiger partial charge in [0.25, 0.3) is 0 Å². The predicted octanol–water partition coefficient (Wildman–Crippen LogP) is 2.03. The third-order valence-electron chi connectivity index (χ3n) is 4.12. The Hall–Kier alpha value is -1.86. The zero-order valence-electron chi connectivity index (χ0n) is 12.5. The summed E-state index contributed by atoms with van der Waals surface area (Å²) in [6, 6.07) is 3.59. The van der Waals surface area contributed by atoms with Crippen molar-refractivity contribution in [1.29, 1.82) is 0 Å². The van der Waals surface area contributed by atoms with Crippen LogP contribution >= 0.6 is 11.6 Å². The average Bonchev–Trinajstić information content (AvgIpc) is 2.92. The molecule has 0 aliphatic carbocycles. The molecule has 2 aliphatic heterocycles. The standard InChI is InChI=1S/C14H17ClN4O3/c1-9-3-4-11(15)16-13(9)18-8-7-17-6-5-10(22-2)12(14(17)18)19(20)21/h3-4,10H,5-8H2,1-2H3. The average molecular weight is 325 g/mol. The van der Waals surface area contributed by atoms with Crippen LogP contribution in [0.15, 0.2) is 23.7 Å². The number of anilines is 1. The van der Waals surface area contributed by atoms with Crippen molar-refractivity contribution in [3.05, 3.63) is 44.5 Å². The summed E-state index contributed by atoms with van der Waals surface area (Å²) >= 11 is 6.00. The molecule has 0 radical (unpaired) electrons. The summed E-state index contributed by atoms with van der Waals surface area (Å²) < 4.78 is 5.31. The van der Waals surface area contributed by atoms with Crippen LogP contribution in [0.5, 0.6) is 0 Å². The van der Waals surface area contributed by atoms with Gasteiger partial charge in [-0.1, -0.05) is 17.7 Å². The first-order valence-electron chi connectivity index (χ1n) is 7.10. The molecular formula is C14H17ClN4O3. The molecule has 1 atom stereocenters. The molecule has 0 saturated carbocycles. The molecule has 1 aromatic heterocycles. The number of methoxy groups -OCH3 is 1. The van der Waals surface area contributed by atoms with Crippen LogP contribution in [0.1, 0.15) is 12.0 Å². The Balaban J connectivity index is 2.13. The van der Waals surface area contributed by atoms with E-state index in [4.69, 9.17) is 16.3 Å². The number of aromatic nitrogens is 1. The van der Waals surface area contributed by atoms with E-state index >= 15 is 0 Å². The molecule has 0 spiro atoms. The van der Waals surface area contributed by atoms with Gasteiger partial charge in [0.1, 0.15) is 11.0 Å². The molecule has 1 saturated heterocycles. The Bertz CT molecular complexity index is 649. The number of aryl methyl sites for hydroxylation is 1. The summed E-state index contributed by atoms with van der Waals surface area (Å²) in [5.41, 5.74) is 1.04. The number of pyridine rings is 1. The number of ether oxygens (including phenoxy) is 1. The number of hydrogen-bond donors (Lipinski definition) is 0. The third-order valence-corrected chi connectivity index (χ3v) is 4.33. The molecule has 1 fully saturated rings. The number of nitrogens with zero attached hydrogens (tertiary/aromatic N) is 4. The second-order valence-corrected chi connectivity index (χ2v) is 5.78. The molecule has 118 valence electrons. The van der Waals surface area contributed by atoms with Crippen molar-refractivity contribution in [3.8, 4) is 0 Å². The van der Waals surface area contributed by atoms with Gasteiger partial charge >= 0.3 is 5.70 Å². The smallest absolute Gasteiger partial charge is 0.315 e. The van der Waals surface area contributed by atoms with Gasteiger partial charge in [0.05, 0.1) is 4.92 Å². The van der Waals surface area contributed by atoms with E-state index in [0.717, 1.165) is 18.7 Å². The fourth-order valence-electron chi connectivity index (χ4n) is 3.08. The van der Waals surface area contributed by atoms with Crippen LogP contribution in [0.2, 0.25) is 5.15 Å². The van der Waals surface area contributed by atoms with E-state index in [9.17, 15) is 10.1 Å². The lowest BCUT2D eigenvalue weighted by atomic mass is 10.1. The molecule has 1 unspecified atom stereocenters.